The Bertz CT molecular complexity index is 349. The normalized spacial score (nSPS) is 13.9. The summed E-state index contributed by atoms with van der Waals surface area (Å²) in [6, 6.07) is 0. The maximum atomic E-state index is 12.4. The first-order valence-corrected chi connectivity index (χ1v) is 4.76. The highest BCUT2D eigenvalue weighted by molar-refractivity contribution is 5.28. The number of ether oxygens (including phenoxy) is 1. The van der Waals surface area contributed by atoms with E-state index in [9.17, 15) is 18.3 Å². The van der Waals surface area contributed by atoms with Gasteiger partial charge in [0.15, 0.2) is 11.9 Å². The van der Waals surface area contributed by atoms with Crippen LogP contribution >= 0.6 is 0 Å². The highest BCUT2D eigenvalue weighted by atomic mass is 19.4. The Morgan fingerprint density at radius 2 is 2.19 bits per heavy atom. The molecule has 1 atom stereocenters. The van der Waals surface area contributed by atoms with E-state index in [0.29, 0.717) is 13.0 Å². The quantitative estimate of drug-likeness (QED) is 0.871. The molecule has 1 N–H and O–H groups in total. The van der Waals surface area contributed by atoms with E-state index >= 15 is 0 Å². The SMILES string of the molecule is CCCn1ncc(OC)c1[C@H](O)C(F)(F)F. The highest BCUT2D eigenvalue weighted by Crippen LogP contribution is 2.36. The van der Waals surface area contributed by atoms with E-state index in [1.54, 1.807) is 6.92 Å². The molecule has 0 fully saturated rings. The first kappa shape index (κ1) is 12.8. The van der Waals surface area contributed by atoms with Crippen molar-refractivity contribution in [2.24, 2.45) is 0 Å². The second-order valence-electron chi connectivity index (χ2n) is 3.27. The van der Waals surface area contributed by atoms with Gasteiger partial charge in [-0.15, -0.1) is 0 Å². The van der Waals surface area contributed by atoms with Crippen LogP contribution in [0.4, 0.5) is 13.2 Å². The zero-order valence-electron chi connectivity index (χ0n) is 8.95. The van der Waals surface area contributed by atoms with E-state index in [1.165, 1.54) is 13.3 Å². The molecule has 0 aliphatic carbocycles. The van der Waals surface area contributed by atoms with Gasteiger partial charge >= 0.3 is 6.18 Å². The fourth-order valence-electron chi connectivity index (χ4n) is 1.36. The molecular weight excluding hydrogens is 225 g/mol. The number of hydrogen-bond donors (Lipinski definition) is 1. The Labute approximate surface area is 90.6 Å². The molecule has 92 valence electrons. The van der Waals surface area contributed by atoms with Crippen molar-refractivity contribution in [2.75, 3.05) is 7.11 Å². The van der Waals surface area contributed by atoms with E-state index in [-0.39, 0.29) is 11.4 Å². The van der Waals surface area contributed by atoms with E-state index in [1.807, 2.05) is 0 Å². The topological polar surface area (TPSA) is 47.3 Å². The largest absolute Gasteiger partial charge is 0.493 e. The predicted octanol–water partition coefficient (Wildman–Crippen LogP) is 1.90. The molecule has 4 nitrogen and oxygen atoms in total. The first-order chi connectivity index (χ1) is 7.41. The Kier molecular flexibility index (Phi) is 3.79. The molecule has 0 aliphatic heterocycles. The minimum absolute atomic E-state index is 0.0572. The summed E-state index contributed by atoms with van der Waals surface area (Å²) in [4.78, 5) is 0. The zero-order valence-corrected chi connectivity index (χ0v) is 8.95. The molecule has 1 aromatic rings. The van der Waals surface area contributed by atoms with Crippen molar-refractivity contribution >= 4 is 0 Å². The second-order valence-corrected chi connectivity index (χ2v) is 3.27. The van der Waals surface area contributed by atoms with Crippen LogP contribution in [0.3, 0.4) is 0 Å². The minimum atomic E-state index is -4.72. The van der Waals surface area contributed by atoms with E-state index < -0.39 is 12.3 Å². The predicted molar refractivity (Wildman–Crippen MR) is 50.1 cm³/mol. The number of aromatic nitrogens is 2. The van der Waals surface area contributed by atoms with Crippen molar-refractivity contribution in [2.45, 2.75) is 32.2 Å². The lowest BCUT2D eigenvalue weighted by molar-refractivity contribution is -0.209. The van der Waals surface area contributed by atoms with Gasteiger partial charge in [0.05, 0.1) is 13.3 Å². The van der Waals surface area contributed by atoms with Crippen molar-refractivity contribution in [3.05, 3.63) is 11.9 Å². The van der Waals surface area contributed by atoms with Gasteiger partial charge in [-0.3, -0.25) is 4.68 Å². The summed E-state index contributed by atoms with van der Waals surface area (Å²) >= 11 is 0. The maximum absolute atomic E-state index is 12.4. The number of nitrogens with zero attached hydrogens (tertiary/aromatic N) is 2. The molecule has 7 heteroatoms. The summed E-state index contributed by atoms with van der Waals surface area (Å²) < 4.78 is 43.1. The van der Waals surface area contributed by atoms with E-state index in [4.69, 9.17) is 4.74 Å². The van der Waals surface area contributed by atoms with Crippen LogP contribution in [0, 0.1) is 0 Å². The average Bonchev–Trinajstić information content (AvgIpc) is 2.58. The lowest BCUT2D eigenvalue weighted by Crippen LogP contribution is -2.24. The lowest BCUT2D eigenvalue weighted by atomic mass is 10.2. The molecule has 16 heavy (non-hydrogen) atoms. The molecule has 0 spiro atoms. The van der Waals surface area contributed by atoms with Crippen LogP contribution in [0.2, 0.25) is 0 Å². The van der Waals surface area contributed by atoms with Gasteiger partial charge < -0.3 is 9.84 Å². The number of hydrogen-bond acceptors (Lipinski definition) is 3. The number of aryl methyl sites for hydroxylation is 1. The summed E-state index contributed by atoms with van der Waals surface area (Å²) in [6.07, 6.45) is -5.52. The smallest absolute Gasteiger partial charge is 0.420 e. The summed E-state index contributed by atoms with van der Waals surface area (Å²) in [5.41, 5.74) is -0.350. The number of halogens is 3. The van der Waals surface area contributed by atoms with Gasteiger partial charge in [0.25, 0.3) is 0 Å². The number of alkyl halides is 3. The second kappa shape index (κ2) is 4.73. The molecule has 0 aliphatic rings. The van der Waals surface area contributed by atoms with Crippen LogP contribution < -0.4 is 4.74 Å². The Morgan fingerprint density at radius 3 is 2.62 bits per heavy atom. The first-order valence-electron chi connectivity index (χ1n) is 4.76. The standard InChI is InChI=1S/C9H13F3N2O2/c1-3-4-14-7(6(16-2)5-13-14)8(15)9(10,11)12/h5,8,15H,3-4H2,1-2H3/t8-/m0/s1. The molecule has 1 rings (SSSR count). The van der Waals surface area contributed by atoms with Crippen molar-refractivity contribution in [3.8, 4) is 5.75 Å². The van der Waals surface area contributed by atoms with Crippen LogP contribution in [-0.4, -0.2) is 28.2 Å². The van der Waals surface area contributed by atoms with Gasteiger partial charge in [0.1, 0.15) is 5.69 Å². The molecule has 0 saturated heterocycles. The third-order valence-corrected chi connectivity index (χ3v) is 2.07. The minimum Gasteiger partial charge on any atom is -0.493 e. The number of aliphatic hydroxyl groups excluding tert-OH is 1. The third-order valence-electron chi connectivity index (χ3n) is 2.07. The molecule has 0 radical (unpaired) electrons. The average molecular weight is 238 g/mol. The molecule has 0 amide bonds. The maximum Gasteiger partial charge on any atom is 0.420 e. The number of methoxy groups -OCH3 is 1. The van der Waals surface area contributed by atoms with Crippen molar-refractivity contribution < 1.29 is 23.0 Å². The Balaban J connectivity index is 3.12. The summed E-state index contributed by atoms with van der Waals surface area (Å²) in [5, 5.41) is 12.9. The van der Waals surface area contributed by atoms with Crippen LogP contribution in [0.1, 0.15) is 25.1 Å². The van der Waals surface area contributed by atoms with Gasteiger partial charge in [0.2, 0.25) is 0 Å². The van der Waals surface area contributed by atoms with Crippen LogP contribution in [0.25, 0.3) is 0 Å². The molecule has 0 bridgehead atoms. The number of aliphatic hydroxyl groups is 1. The van der Waals surface area contributed by atoms with Crippen molar-refractivity contribution in [3.63, 3.8) is 0 Å². The van der Waals surface area contributed by atoms with Crippen LogP contribution in [0.15, 0.2) is 6.20 Å². The molecular formula is C9H13F3N2O2. The fourth-order valence-corrected chi connectivity index (χ4v) is 1.36. The molecule has 1 aromatic heterocycles. The van der Waals surface area contributed by atoms with Gasteiger partial charge in [-0.1, -0.05) is 6.92 Å². The molecule has 1 heterocycles. The van der Waals surface area contributed by atoms with Gasteiger partial charge in [0, 0.05) is 6.54 Å². The van der Waals surface area contributed by atoms with Gasteiger partial charge in [-0.25, -0.2) is 0 Å². The molecule has 0 unspecified atom stereocenters. The summed E-state index contributed by atoms with van der Waals surface area (Å²) in [6.45, 7) is 2.10. The van der Waals surface area contributed by atoms with Gasteiger partial charge in [-0.2, -0.15) is 18.3 Å². The van der Waals surface area contributed by atoms with E-state index in [0.717, 1.165) is 4.68 Å². The van der Waals surface area contributed by atoms with E-state index in [2.05, 4.69) is 5.10 Å². The summed E-state index contributed by atoms with van der Waals surface area (Å²) in [7, 11) is 1.24. The molecule has 0 aromatic carbocycles. The molecule has 0 saturated carbocycles. The summed E-state index contributed by atoms with van der Waals surface area (Å²) in [5.74, 6) is -0.0572. The van der Waals surface area contributed by atoms with Gasteiger partial charge in [-0.05, 0) is 6.42 Å². The van der Waals surface area contributed by atoms with Crippen molar-refractivity contribution in [1.29, 1.82) is 0 Å². The number of rotatable bonds is 4. The fraction of sp³-hybridized carbons (Fsp3) is 0.667. The van der Waals surface area contributed by atoms with Crippen LogP contribution in [0.5, 0.6) is 5.75 Å². The Hall–Kier alpha value is -1.24. The zero-order chi connectivity index (χ0) is 12.3. The Morgan fingerprint density at radius 1 is 1.56 bits per heavy atom. The third kappa shape index (κ3) is 2.46. The monoisotopic (exact) mass is 238 g/mol. The van der Waals surface area contributed by atoms with Crippen molar-refractivity contribution in [1.82, 2.24) is 9.78 Å². The highest BCUT2D eigenvalue weighted by Gasteiger charge is 2.43. The van der Waals surface area contributed by atoms with Crippen LogP contribution in [-0.2, 0) is 6.54 Å². The lowest BCUT2D eigenvalue weighted by Gasteiger charge is -2.17.